The molecular weight excluding hydrogens is 220 g/mol. The summed E-state index contributed by atoms with van der Waals surface area (Å²) in [4.78, 5) is 11.2. The van der Waals surface area contributed by atoms with Gasteiger partial charge in [0.15, 0.2) is 5.69 Å². The summed E-state index contributed by atoms with van der Waals surface area (Å²) < 4.78 is 6.53. The van der Waals surface area contributed by atoms with Gasteiger partial charge in [-0.1, -0.05) is 14.4 Å². The molecule has 3 N–H and O–H groups in total. The first-order valence-corrected chi connectivity index (χ1v) is 5.18. The van der Waals surface area contributed by atoms with Crippen LogP contribution in [-0.4, -0.2) is 29.4 Å². The Hall–Kier alpha value is -1.40. The van der Waals surface area contributed by atoms with Gasteiger partial charge in [0.05, 0.1) is 6.61 Å². The van der Waals surface area contributed by atoms with E-state index in [2.05, 4.69) is 16.4 Å². The molecule has 6 nitrogen and oxygen atoms in total. The lowest BCUT2D eigenvalue weighted by atomic mass is 10.3. The van der Waals surface area contributed by atoms with Crippen LogP contribution in [0, 0.1) is 0 Å². The fourth-order valence-corrected chi connectivity index (χ4v) is 1.14. The molecule has 6 heteroatoms. The van der Waals surface area contributed by atoms with Crippen LogP contribution in [0.3, 0.4) is 0 Å². The van der Waals surface area contributed by atoms with Crippen molar-refractivity contribution in [2.24, 2.45) is 12.9 Å². The smallest absolute Gasteiger partial charge is 0.358 e. The Balaban J connectivity index is 0. The second-order valence-corrected chi connectivity index (χ2v) is 3.01. The number of ether oxygens (including phenoxy) is 1. The van der Waals surface area contributed by atoms with E-state index in [1.54, 1.807) is 24.7 Å². The summed E-state index contributed by atoms with van der Waals surface area (Å²) in [5.74, 6) is 4.25. The van der Waals surface area contributed by atoms with Gasteiger partial charge in [-0.15, -0.1) is 0 Å². The van der Waals surface area contributed by atoms with Crippen molar-refractivity contribution in [3.8, 4) is 0 Å². The van der Waals surface area contributed by atoms with Crippen LogP contribution in [0.5, 0.6) is 0 Å². The van der Waals surface area contributed by atoms with E-state index in [4.69, 9.17) is 4.74 Å². The summed E-state index contributed by atoms with van der Waals surface area (Å²) >= 11 is 0. The Morgan fingerprint density at radius 3 is 2.47 bits per heavy atom. The average molecular weight is 244 g/mol. The Kier molecular flexibility index (Phi) is 10.4. The molecule has 0 fully saturated rings. The summed E-state index contributed by atoms with van der Waals surface area (Å²) in [5.41, 5.74) is 3.67. The van der Waals surface area contributed by atoms with E-state index in [1.807, 2.05) is 14.0 Å². The van der Waals surface area contributed by atoms with E-state index in [-0.39, 0.29) is 13.4 Å². The van der Waals surface area contributed by atoms with Crippen LogP contribution in [-0.2, 0) is 18.2 Å². The number of rotatable bonds is 3. The van der Waals surface area contributed by atoms with Gasteiger partial charge in [-0.25, -0.2) is 4.79 Å². The van der Waals surface area contributed by atoms with Crippen molar-refractivity contribution in [2.45, 2.75) is 27.7 Å². The molecule has 100 valence electrons. The molecule has 1 heterocycles. The third kappa shape index (κ3) is 6.03. The van der Waals surface area contributed by atoms with Gasteiger partial charge in [-0.2, -0.15) is 5.10 Å². The van der Waals surface area contributed by atoms with Gasteiger partial charge >= 0.3 is 5.97 Å². The summed E-state index contributed by atoms with van der Waals surface area (Å²) in [6.07, 6.45) is 0.864. The molecule has 0 aromatic carbocycles. The fraction of sp³-hybridized carbons (Fsp3) is 0.636. The number of esters is 1. The number of aryl methyl sites for hydroxylation is 2. The zero-order valence-electron chi connectivity index (χ0n) is 10.3. The van der Waals surface area contributed by atoms with Crippen molar-refractivity contribution in [3.63, 3.8) is 0 Å². The lowest BCUT2D eigenvalue weighted by Crippen LogP contribution is -2.13. The molecule has 1 aromatic rings. The van der Waals surface area contributed by atoms with Gasteiger partial charge in [0.2, 0.25) is 0 Å². The minimum atomic E-state index is -0.349. The van der Waals surface area contributed by atoms with Crippen molar-refractivity contribution < 1.29 is 9.53 Å². The van der Waals surface area contributed by atoms with Crippen LogP contribution in [0.1, 0.15) is 37.5 Å². The third-order valence-corrected chi connectivity index (χ3v) is 1.82. The Labute approximate surface area is 103 Å². The van der Waals surface area contributed by atoms with Crippen LogP contribution < -0.4 is 11.3 Å². The van der Waals surface area contributed by atoms with E-state index in [0.717, 1.165) is 12.1 Å². The number of aromatic nitrogens is 2. The quantitative estimate of drug-likeness (QED) is 0.468. The van der Waals surface area contributed by atoms with Crippen LogP contribution in [0.2, 0.25) is 0 Å². The number of carbonyl (C=O) groups excluding carboxylic acids is 1. The zero-order chi connectivity index (χ0) is 12.6. The maximum Gasteiger partial charge on any atom is 0.358 e. The molecule has 1 rings (SSSR count). The van der Waals surface area contributed by atoms with Crippen LogP contribution in [0.4, 0.5) is 0 Å². The lowest BCUT2D eigenvalue weighted by Gasteiger charge is -1.95. The highest BCUT2D eigenvalue weighted by Gasteiger charge is 2.11. The average Bonchev–Trinajstić information content (AvgIpc) is 2.61. The molecule has 1 aromatic heterocycles. The molecule has 0 spiro atoms. The van der Waals surface area contributed by atoms with Gasteiger partial charge in [0.1, 0.15) is 0 Å². The first-order chi connectivity index (χ1) is 7.60. The highest BCUT2D eigenvalue weighted by atomic mass is 16.5. The van der Waals surface area contributed by atoms with Crippen molar-refractivity contribution in [1.82, 2.24) is 15.2 Å². The van der Waals surface area contributed by atoms with E-state index in [0.29, 0.717) is 12.3 Å². The summed E-state index contributed by atoms with van der Waals surface area (Å²) in [6.45, 7) is 4.18. The standard InChI is InChI=1S/C9H14N2O2.CH6N2.CH4/c1-4-7-6-8(10-11(7)3)9(12)13-5-2;1-3-2;/h6H,4-5H2,1-3H3;3H,2H2,1H3;1H4. The highest BCUT2D eigenvalue weighted by molar-refractivity contribution is 5.87. The molecule has 0 unspecified atom stereocenters. The van der Waals surface area contributed by atoms with Crippen LogP contribution in [0.25, 0.3) is 0 Å². The SMILES string of the molecule is C.CCOC(=O)c1cc(CC)n(C)n1.CNN. The van der Waals surface area contributed by atoms with Gasteiger partial charge in [0, 0.05) is 12.7 Å². The molecular formula is C11H24N4O2. The predicted molar refractivity (Wildman–Crippen MR) is 68.5 cm³/mol. The maximum atomic E-state index is 11.2. The Morgan fingerprint density at radius 1 is 1.59 bits per heavy atom. The first-order valence-electron chi connectivity index (χ1n) is 5.18. The largest absolute Gasteiger partial charge is 0.461 e. The maximum absolute atomic E-state index is 11.2. The van der Waals surface area contributed by atoms with E-state index in [9.17, 15) is 4.79 Å². The normalized spacial score (nSPS) is 8.76. The molecule has 0 radical (unpaired) electrons. The molecule has 0 bridgehead atoms. The number of nitrogens with two attached hydrogens (primary N) is 1. The number of hydrogen-bond acceptors (Lipinski definition) is 5. The molecule has 0 saturated heterocycles. The van der Waals surface area contributed by atoms with E-state index < -0.39 is 0 Å². The molecule has 0 amide bonds. The predicted octanol–water partition coefficient (Wildman–Crippen LogP) is 0.875. The minimum Gasteiger partial charge on any atom is -0.461 e. The topological polar surface area (TPSA) is 82.2 Å². The van der Waals surface area contributed by atoms with Crippen molar-refractivity contribution in [1.29, 1.82) is 0 Å². The Bertz CT molecular complexity index is 323. The molecule has 0 aliphatic heterocycles. The highest BCUT2D eigenvalue weighted by Crippen LogP contribution is 2.04. The number of hydrazine groups is 1. The number of carbonyl (C=O) groups is 1. The fourth-order valence-electron chi connectivity index (χ4n) is 1.14. The van der Waals surface area contributed by atoms with E-state index in [1.165, 1.54) is 0 Å². The second-order valence-electron chi connectivity index (χ2n) is 3.01. The summed E-state index contributed by atoms with van der Waals surface area (Å²) in [5, 5.41) is 4.04. The van der Waals surface area contributed by atoms with Gasteiger partial charge < -0.3 is 4.74 Å². The van der Waals surface area contributed by atoms with Crippen molar-refractivity contribution >= 4 is 5.97 Å². The van der Waals surface area contributed by atoms with Gasteiger partial charge in [-0.05, 0) is 26.5 Å². The molecule has 0 aliphatic carbocycles. The van der Waals surface area contributed by atoms with Crippen molar-refractivity contribution in [2.75, 3.05) is 13.7 Å². The number of nitrogens with zero attached hydrogens (tertiary/aromatic N) is 2. The number of nitrogens with one attached hydrogen (secondary N) is 1. The molecule has 0 atom stereocenters. The minimum absolute atomic E-state index is 0. The zero-order valence-corrected chi connectivity index (χ0v) is 10.3. The summed E-state index contributed by atoms with van der Waals surface area (Å²) in [6, 6.07) is 1.76. The molecule has 17 heavy (non-hydrogen) atoms. The van der Waals surface area contributed by atoms with Crippen LogP contribution in [0.15, 0.2) is 6.07 Å². The number of hydrogen-bond donors (Lipinski definition) is 2. The van der Waals surface area contributed by atoms with Gasteiger partial charge in [-0.3, -0.25) is 16.0 Å². The molecule has 0 saturated carbocycles. The van der Waals surface area contributed by atoms with Gasteiger partial charge in [0.25, 0.3) is 0 Å². The lowest BCUT2D eigenvalue weighted by molar-refractivity contribution is 0.0518. The van der Waals surface area contributed by atoms with Crippen LogP contribution >= 0.6 is 0 Å². The monoisotopic (exact) mass is 244 g/mol. The molecule has 0 aliphatic rings. The van der Waals surface area contributed by atoms with E-state index >= 15 is 0 Å². The summed E-state index contributed by atoms with van der Waals surface area (Å²) in [7, 11) is 3.47. The Morgan fingerprint density at radius 2 is 2.12 bits per heavy atom. The first kappa shape index (κ1) is 18.0. The second kappa shape index (κ2) is 9.80. The van der Waals surface area contributed by atoms with Crippen molar-refractivity contribution in [3.05, 3.63) is 17.5 Å². The third-order valence-electron chi connectivity index (χ3n) is 1.82.